The summed E-state index contributed by atoms with van der Waals surface area (Å²) in [5.74, 6) is -4.04. The largest absolute Gasteiger partial charge is 0.446 e. The standard InChI is InChI=1S/C21H24F2N2O2/c1-4-27-20(21(3,22)23)24-14(2)15-10-11-16-13-25(19(26)18(16)12-15)17-8-6-5-7-9-17/h4,10-12,17H,1-2,5-9,13H2,3H3. The van der Waals surface area contributed by atoms with Gasteiger partial charge in [-0.15, -0.1) is 0 Å². The molecule has 0 bridgehead atoms. The molecule has 1 saturated carbocycles. The van der Waals surface area contributed by atoms with Gasteiger partial charge in [0.1, 0.15) is 0 Å². The molecule has 0 N–H and O–H groups in total. The minimum absolute atomic E-state index is 0.00100. The molecule has 1 amide bonds. The van der Waals surface area contributed by atoms with E-state index in [0.717, 1.165) is 37.5 Å². The number of carbonyl (C=O) groups excluding carboxylic acids is 1. The number of hydrogen-bond acceptors (Lipinski definition) is 3. The number of rotatable bonds is 5. The fourth-order valence-electron chi connectivity index (χ4n) is 3.68. The Bertz CT molecular complexity index is 790. The molecular formula is C21H24F2N2O2. The molecule has 1 aliphatic carbocycles. The normalized spacial score (nSPS) is 18.4. The predicted molar refractivity (Wildman–Crippen MR) is 102 cm³/mol. The number of alkyl halides is 2. The highest BCUT2D eigenvalue weighted by Crippen LogP contribution is 2.32. The molecule has 6 heteroatoms. The molecule has 0 unspecified atom stereocenters. The Morgan fingerprint density at radius 1 is 1.33 bits per heavy atom. The topological polar surface area (TPSA) is 41.9 Å². The van der Waals surface area contributed by atoms with Crippen molar-refractivity contribution in [2.75, 3.05) is 0 Å². The second-order valence-electron chi connectivity index (χ2n) is 7.13. The summed E-state index contributed by atoms with van der Waals surface area (Å²) in [6.07, 6.45) is 6.51. The monoisotopic (exact) mass is 374 g/mol. The lowest BCUT2D eigenvalue weighted by molar-refractivity contribution is 0.0659. The summed E-state index contributed by atoms with van der Waals surface area (Å²) in [7, 11) is 0. The second kappa shape index (κ2) is 7.62. The van der Waals surface area contributed by atoms with Gasteiger partial charge in [0.05, 0.1) is 12.0 Å². The highest BCUT2D eigenvalue weighted by Gasteiger charge is 2.34. The summed E-state index contributed by atoms with van der Waals surface area (Å²) in [5.41, 5.74) is 2.18. The zero-order valence-corrected chi connectivity index (χ0v) is 15.5. The summed E-state index contributed by atoms with van der Waals surface area (Å²) in [6, 6.07) is 5.58. The SMILES string of the molecule is C=COC(=NC(=C)c1ccc2c(c1)C(=O)N(C1CCCCC1)C2)C(C)(F)F. The van der Waals surface area contributed by atoms with Crippen LogP contribution in [-0.2, 0) is 11.3 Å². The van der Waals surface area contributed by atoms with Gasteiger partial charge in [0, 0.05) is 30.6 Å². The maximum atomic E-state index is 13.6. The molecule has 2 aliphatic rings. The Kier molecular flexibility index (Phi) is 5.44. The van der Waals surface area contributed by atoms with Crippen LogP contribution in [0, 0.1) is 0 Å². The van der Waals surface area contributed by atoms with Gasteiger partial charge < -0.3 is 9.64 Å². The van der Waals surface area contributed by atoms with Crippen molar-refractivity contribution in [1.82, 2.24) is 4.90 Å². The van der Waals surface area contributed by atoms with E-state index in [4.69, 9.17) is 4.74 Å². The van der Waals surface area contributed by atoms with Crippen molar-refractivity contribution in [3.63, 3.8) is 0 Å². The molecule has 1 aliphatic heterocycles. The smallest absolute Gasteiger partial charge is 0.319 e. The van der Waals surface area contributed by atoms with E-state index in [1.54, 1.807) is 12.1 Å². The van der Waals surface area contributed by atoms with Gasteiger partial charge >= 0.3 is 5.92 Å². The maximum absolute atomic E-state index is 13.6. The van der Waals surface area contributed by atoms with Crippen LogP contribution in [0.5, 0.6) is 0 Å². The lowest BCUT2D eigenvalue weighted by Crippen LogP contribution is -2.36. The molecule has 0 spiro atoms. The number of nitrogens with zero attached hydrogens (tertiary/aromatic N) is 2. The number of hydrogen-bond donors (Lipinski definition) is 0. The zero-order chi connectivity index (χ0) is 19.6. The summed E-state index contributed by atoms with van der Waals surface area (Å²) in [4.78, 5) is 18.6. The average molecular weight is 374 g/mol. The minimum Gasteiger partial charge on any atom is -0.446 e. The van der Waals surface area contributed by atoms with Crippen LogP contribution in [0.1, 0.15) is 60.5 Å². The van der Waals surface area contributed by atoms with Gasteiger partial charge in [0.2, 0.25) is 0 Å². The first-order valence-corrected chi connectivity index (χ1v) is 9.19. The molecular weight excluding hydrogens is 350 g/mol. The molecule has 0 atom stereocenters. The predicted octanol–water partition coefficient (Wildman–Crippen LogP) is 5.16. The van der Waals surface area contributed by atoms with Crippen molar-refractivity contribution in [2.45, 2.75) is 57.5 Å². The molecule has 144 valence electrons. The van der Waals surface area contributed by atoms with Crippen molar-refractivity contribution < 1.29 is 18.3 Å². The lowest BCUT2D eigenvalue weighted by atomic mass is 9.94. The fraction of sp³-hybridized carbons (Fsp3) is 0.429. The zero-order valence-electron chi connectivity index (χ0n) is 15.5. The Labute approximate surface area is 158 Å². The van der Waals surface area contributed by atoms with E-state index >= 15 is 0 Å². The summed E-state index contributed by atoms with van der Waals surface area (Å²) in [5, 5.41) is 0. The van der Waals surface area contributed by atoms with E-state index in [-0.39, 0.29) is 17.6 Å². The van der Waals surface area contributed by atoms with Crippen LogP contribution >= 0.6 is 0 Å². The Morgan fingerprint density at radius 2 is 2.04 bits per heavy atom. The first kappa shape index (κ1) is 19.3. The number of carbonyl (C=O) groups is 1. The van der Waals surface area contributed by atoms with Crippen LogP contribution in [0.4, 0.5) is 8.78 Å². The molecule has 0 saturated heterocycles. The first-order valence-electron chi connectivity index (χ1n) is 9.19. The number of halogens is 2. The number of fused-ring (bicyclic) bond motifs is 1. The summed E-state index contributed by atoms with van der Waals surface area (Å²) in [6.45, 7) is 8.34. The van der Waals surface area contributed by atoms with Crippen LogP contribution in [0.3, 0.4) is 0 Å². The maximum Gasteiger partial charge on any atom is 0.319 e. The molecule has 0 aromatic heterocycles. The molecule has 27 heavy (non-hydrogen) atoms. The van der Waals surface area contributed by atoms with Crippen LogP contribution in [0.25, 0.3) is 5.70 Å². The van der Waals surface area contributed by atoms with Crippen molar-refractivity contribution in [3.8, 4) is 0 Å². The third kappa shape index (κ3) is 4.10. The van der Waals surface area contributed by atoms with Gasteiger partial charge in [-0.1, -0.05) is 44.6 Å². The van der Waals surface area contributed by atoms with Crippen LogP contribution in [-0.4, -0.2) is 28.7 Å². The highest BCUT2D eigenvalue weighted by atomic mass is 19.3. The van der Waals surface area contributed by atoms with Gasteiger partial charge in [0.15, 0.2) is 0 Å². The van der Waals surface area contributed by atoms with E-state index in [2.05, 4.69) is 18.2 Å². The first-order chi connectivity index (χ1) is 12.8. The number of amides is 1. The molecule has 1 fully saturated rings. The van der Waals surface area contributed by atoms with E-state index < -0.39 is 11.8 Å². The van der Waals surface area contributed by atoms with Gasteiger partial charge in [-0.25, -0.2) is 4.99 Å². The summed E-state index contributed by atoms with van der Waals surface area (Å²) < 4.78 is 31.9. The van der Waals surface area contributed by atoms with Crippen LogP contribution in [0.2, 0.25) is 0 Å². The molecule has 1 aromatic carbocycles. The third-order valence-electron chi connectivity index (χ3n) is 5.10. The third-order valence-corrected chi connectivity index (χ3v) is 5.10. The molecule has 4 nitrogen and oxygen atoms in total. The highest BCUT2D eigenvalue weighted by molar-refractivity contribution is 5.99. The Morgan fingerprint density at radius 3 is 2.67 bits per heavy atom. The van der Waals surface area contributed by atoms with E-state index in [1.807, 2.05) is 11.0 Å². The van der Waals surface area contributed by atoms with E-state index in [0.29, 0.717) is 24.6 Å². The van der Waals surface area contributed by atoms with Crippen LogP contribution in [0.15, 0.2) is 42.6 Å². The van der Waals surface area contributed by atoms with Crippen molar-refractivity contribution in [2.24, 2.45) is 4.99 Å². The fourth-order valence-corrected chi connectivity index (χ4v) is 3.68. The molecule has 3 rings (SSSR count). The van der Waals surface area contributed by atoms with Crippen LogP contribution < -0.4 is 0 Å². The van der Waals surface area contributed by atoms with Gasteiger partial charge in [-0.3, -0.25) is 4.79 Å². The molecule has 1 heterocycles. The second-order valence-corrected chi connectivity index (χ2v) is 7.13. The Balaban J connectivity index is 1.83. The van der Waals surface area contributed by atoms with E-state index in [1.165, 1.54) is 6.42 Å². The number of benzene rings is 1. The van der Waals surface area contributed by atoms with Gasteiger partial charge in [0.25, 0.3) is 11.8 Å². The van der Waals surface area contributed by atoms with E-state index in [9.17, 15) is 13.6 Å². The van der Waals surface area contributed by atoms with Crippen molar-refractivity contribution >= 4 is 17.5 Å². The lowest BCUT2D eigenvalue weighted by Gasteiger charge is -2.30. The van der Waals surface area contributed by atoms with Gasteiger partial charge in [-0.2, -0.15) is 8.78 Å². The number of aliphatic imine (C=N–C) groups is 1. The average Bonchev–Trinajstić information content (AvgIpc) is 2.97. The summed E-state index contributed by atoms with van der Waals surface area (Å²) >= 11 is 0. The Hall–Kier alpha value is -2.50. The van der Waals surface area contributed by atoms with Crippen molar-refractivity contribution in [1.29, 1.82) is 0 Å². The van der Waals surface area contributed by atoms with Gasteiger partial charge in [-0.05, 0) is 24.5 Å². The molecule has 0 radical (unpaired) electrons. The number of ether oxygens (including phenoxy) is 1. The quantitative estimate of drug-likeness (QED) is 0.406. The molecule has 1 aromatic rings. The minimum atomic E-state index is -3.26. The van der Waals surface area contributed by atoms with Crippen molar-refractivity contribution in [3.05, 3.63) is 54.3 Å².